The Hall–Kier alpha value is -2.00. The molecule has 2 aliphatic rings. The fourth-order valence-electron chi connectivity index (χ4n) is 4.87. The molecule has 2 fully saturated rings. The van der Waals surface area contributed by atoms with Crippen LogP contribution in [0.1, 0.15) is 50.8 Å². The lowest BCUT2D eigenvalue weighted by Crippen LogP contribution is -2.31. The molecule has 150 valence electrons. The maximum Gasteiger partial charge on any atom is 0.179 e. The second kappa shape index (κ2) is 6.81. The van der Waals surface area contributed by atoms with Gasteiger partial charge in [0.25, 0.3) is 0 Å². The maximum absolute atomic E-state index is 11.7. The summed E-state index contributed by atoms with van der Waals surface area (Å²) in [7, 11) is -2.86. The summed E-state index contributed by atoms with van der Waals surface area (Å²) in [6.45, 7) is 2.21. The summed E-state index contributed by atoms with van der Waals surface area (Å²) in [5.41, 5.74) is 2.59. The third-order valence-corrected chi connectivity index (χ3v) is 8.08. The Morgan fingerprint density at radius 3 is 2.82 bits per heavy atom. The van der Waals surface area contributed by atoms with E-state index in [4.69, 9.17) is 4.74 Å². The first kappa shape index (κ1) is 18.1. The molecule has 28 heavy (non-hydrogen) atoms. The highest BCUT2D eigenvalue weighted by Gasteiger charge is 2.39. The minimum Gasteiger partial charge on any atom is -0.375 e. The van der Waals surface area contributed by atoms with Gasteiger partial charge in [0.2, 0.25) is 0 Å². The molecule has 3 aromatic heterocycles. The molecule has 1 saturated carbocycles. The normalized spacial score (nSPS) is 28.4. The molecule has 1 saturated heterocycles. The van der Waals surface area contributed by atoms with E-state index in [9.17, 15) is 8.42 Å². The first-order chi connectivity index (χ1) is 13.5. The number of aromatic amines is 1. The maximum atomic E-state index is 11.7. The Labute approximate surface area is 163 Å². The summed E-state index contributed by atoms with van der Waals surface area (Å²) >= 11 is 0. The minimum atomic E-state index is -2.86. The standard InChI is InChI=1S/C19H25N5O3S/c1-2-12-9-14(27-13-4-7-28(25,26)8-5-13)10-15(12)19-23-22-17-11-21-18-16(24(17)19)3-6-20-18/h3,6,11-15,20H,2,4-5,7-10H2,1H3/t12-,14+,15+/m1/s1. The first-order valence-electron chi connectivity index (χ1n) is 10.1. The van der Waals surface area contributed by atoms with Crippen molar-refractivity contribution in [3.05, 3.63) is 24.3 Å². The van der Waals surface area contributed by atoms with Crippen molar-refractivity contribution in [1.29, 1.82) is 0 Å². The largest absolute Gasteiger partial charge is 0.375 e. The number of H-pyrrole nitrogens is 1. The van der Waals surface area contributed by atoms with Crippen LogP contribution in [0.2, 0.25) is 0 Å². The number of sulfone groups is 1. The van der Waals surface area contributed by atoms with E-state index in [1.165, 1.54) is 0 Å². The van der Waals surface area contributed by atoms with Gasteiger partial charge in [-0.15, -0.1) is 10.2 Å². The predicted octanol–water partition coefficient (Wildman–Crippen LogP) is 2.47. The quantitative estimate of drug-likeness (QED) is 0.718. The third kappa shape index (κ3) is 3.10. The first-order valence-corrected chi connectivity index (χ1v) is 11.9. The van der Waals surface area contributed by atoms with Crippen LogP contribution in [-0.2, 0) is 14.6 Å². The molecule has 1 N–H and O–H groups in total. The summed E-state index contributed by atoms with van der Waals surface area (Å²) in [4.78, 5) is 7.55. The molecule has 0 amide bonds. The Kier molecular flexibility index (Phi) is 4.39. The molecule has 3 aromatic rings. The van der Waals surface area contributed by atoms with Crippen LogP contribution in [0.25, 0.3) is 16.8 Å². The summed E-state index contributed by atoms with van der Waals surface area (Å²) < 4.78 is 31.8. The van der Waals surface area contributed by atoms with E-state index in [2.05, 4.69) is 31.5 Å². The van der Waals surface area contributed by atoms with Crippen LogP contribution in [0.4, 0.5) is 0 Å². The van der Waals surface area contributed by atoms with Crippen LogP contribution in [0, 0.1) is 5.92 Å². The highest BCUT2D eigenvalue weighted by Crippen LogP contribution is 2.43. The molecule has 1 aliphatic carbocycles. The van der Waals surface area contributed by atoms with E-state index in [0.717, 1.165) is 41.9 Å². The summed E-state index contributed by atoms with van der Waals surface area (Å²) in [5.74, 6) is 2.23. The van der Waals surface area contributed by atoms with Crippen LogP contribution < -0.4 is 0 Å². The SMILES string of the molecule is CC[C@@H]1C[C@H](OC2CCS(=O)(=O)CC2)C[C@@H]1c1nnc2cnc3[nH]ccc3n12. The van der Waals surface area contributed by atoms with E-state index in [0.29, 0.717) is 18.8 Å². The van der Waals surface area contributed by atoms with Gasteiger partial charge in [0.1, 0.15) is 5.82 Å². The monoisotopic (exact) mass is 403 g/mol. The van der Waals surface area contributed by atoms with Gasteiger partial charge in [-0.25, -0.2) is 13.4 Å². The van der Waals surface area contributed by atoms with Crippen molar-refractivity contribution in [1.82, 2.24) is 24.6 Å². The average molecular weight is 404 g/mol. The fraction of sp³-hybridized carbons (Fsp3) is 0.632. The lowest BCUT2D eigenvalue weighted by Gasteiger charge is -2.25. The van der Waals surface area contributed by atoms with Gasteiger partial charge in [-0.2, -0.15) is 0 Å². The van der Waals surface area contributed by atoms with Gasteiger partial charge in [-0.3, -0.25) is 4.40 Å². The zero-order chi connectivity index (χ0) is 19.3. The fourth-order valence-corrected chi connectivity index (χ4v) is 6.32. The van der Waals surface area contributed by atoms with Crippen LogP contribution in [-0.4, -0.2) is 56.7 Å². The van der Waals surface area contributed by atoms with Crippen molar-refractivity contribution in [3.63, 3.8) is 0 Å². The van der Waals surface area contributed by atoms with Crippen molar-refractivity contribution in [3.8, 4) is 0 Å². The lowest BCUT2D eigenvalue weighted by atomic mass is 9.93. The van der Waals surface area contributed by atoms with Crippen molar-refractivity contribution in [2.45, 2.75) is 57.2 Å². The van der Waals surface area contributed by atoms with Gasteiger partial charge in [-0.1, -0.05) is 13.3 Å². The van der Waals surface area contributed by atoms with Gasteiger partial charge in [0.05, 0.1) is 35.4 Å². The summed E-state index contributed by atoms with van der Waals surface area (Å²) in [6, 6.07) is 2.01. The van der Waals surface area contributed by atoms with Crippen molar-refractivity contribution >= 4 is 26.6 Å². The minimum absolute atomic E-state index is 0.0560. The number of rotatable bonds is 4. The number of aromatic nitrogens is 5. The van der Waals surface area contributed by atoms with Crippen molar-refractivity contribution < 1.29 is 13.2 Å². The molecule has 8 nitrogen and oxygen atoms in total. The lowest BCUT2D eigenvalue weighted by molar-refractivity contribution is -0.0148. The molecule has 0 radical (unpaired) electrons. The Morgan fingerprint density at radius 1 is 1.21 bits per heavy atom. The summed E-state index contributed by atoms with van der Waals surface area (Å²) in [5, 5.41) is 8.88. The van der Waals surface area contributed by atoms with Crippen LogP contribution in [0.3, 0.4) is 0 Å². The molecule has 0 unspecified atom stereocenters. The topological polar surface area (TPSA) is 102 Å². The molecular formula is C19H25N5O3S. The highest BCUT2D eigenvalue weighted by molar-refractivity contribution is 7.91. The number of ether oxygens (including phenoxy) is 1. The van der Waals surface area contributed by atoms with E-state index in [-0.39, 0.29) is 29.6 Å². The van der Waals surface area contributed by atoms with E-state index >= 15 is 0 Å². The van der Waals surface area contributed by atoms with E-state index in [1.54, 1.807) is 6.20 Å². The number of hydrogen-bond donors (Lipinski definition) is 1. The molecule has 0 aromatic carbocycles. The second-order valence-corrected chi connectivity index (χ2v) is 10.4. The Morgan fingerprint density at radius 2 is 2.04 bits per heavy atom. The van der Waals surface area contributed by atoms with Crippen LogP contribution >= 0.6 is 0 Å². The number of nitrogens with one attached hydrogen (secondary N) is 1. The molecule has 0 bridgehead atoms. The van der Waals surface area contributed by atoms with Gasteiger partial charge >= 0.3 is 0 Å². The number of fused-ring (bicyclic) bond motifs is 3. The second-order valence-electron chi connectivity index (χ2n) is 8.08. The zero-order valence-corrected chi connectivity index (χ0v) is 16.7. The van der Waals surface area contributed by atoms with Gasteiger partial charge in [-0.05, 0) is 37.7 Å². The molecular weight excluding hydrogens is 378 g/mol. The van der Waals surface area contributed by atoms with E-state index in [1.807, 2.05) is 12.3 Å². The molecule has 0 spiro atoms. The van der Waals surface area contributed by atoms with Crippen molar-refractivity contribution in [2.24, 2.45) is 5.92 Å². The van der Waals surface area contributed by atoms with Gasteiger partial charge in [0, 0.05) is 12.1 Å². The highest BCUT2D eigenvalue weighted by atomic mass is 32.2. The molecule has 9 heteroatoms. The average Bonchev–Trinajstić information content (AvgIpc) is 3.39. The third-order valence-electron chi connectivity index (χ3n) is 6.36. The molecule has 5 rings (SSSR count). The Balaban J connectivity index is 1.40. The van der Waals surface area contributed by atoms with Gasteiger partial charge < -0.3 is 9.72 Å². The van der Waals surface area contributed by atoms with Crippen LogP contribution in [0.5, 0.6) is 0 Å². The van der Waals surface area contributed by atoms with Crippen LogP contribution in [0.15, 0.2) is 18.5 Å². The number of nitrogens with zero attached hydrogens (tertiary/aromatic N) is 4. The smallest absolute Gasteiger partial charge is 0.179 e. The van der Waals surface area contributed by atoms with Crippen molar-refractivity contribution in [2.75, 3.05) is 11.5 Å². The molecule has 1 aliphatic heterocycles. The predicted molar refractivity (Wildman–Crippen MR) is 105 cm³/mol. The van der Waals surface area contributed by atoms with Gasteiger partial charge in [0.15, 0.2) is 21.1 Å². The molecule has 3 atom stereocenters. The number of hydrogen-bond acceptors (Lipinski definition) is 6. The zero-order valence-electron chi connectivity index (χ0n) is 15.9. The Bertz CT molecular complexity index is 1090. The summed E-state index contributed by atoms with van der Waals surface area (Å²) in [6.07, 6.45) is 8.01. The molecule has 4 heterocycles. The van der Waals surface area contributed by atoms with E-state index < -0.39 is 9.84 Å².